The molecule has 0 unspecified atom stereocenters. The normalized spacial score (nSPS) is 28.6. The molecule has 2 fully saturated rings. The van der Waals surface area contributed by atoms with E-state index >= 15 is 0 Å². The number of alkyl halides is 3. The molecule has 3 rings (SSSR count). The molecule has 1 aromatic carbocycles. The zero-order valence-corrected chi connectivity index (χ0v) is 16.1. The van der Waals surface area contributed by atoms with Crippen LogP contribution in [0.3, 0.4) is 0 Å². The molecule has 0 bridgehead atoms. The van der Waals surface area contributed by atoms with Crippen LogP contribution in [0.5, 0.6) is 0 Å². The zero-order valence-electron chi connectivity index (χ0n) is 16.1. The molecule has 0 aromatic heterocycles. The summed E-state index contributed by atoms with van der Waals surface area (Å²) in [5.41, 5.74) is -0.177. The van der Waals surface area contributed by atoms with Crippen LogP contribution in [0.15, 0.2) is 24.3 Å². The highest BCUT2D eigenvalue weighted by Crippen LogP contribution is 2.32. The number of ether oxygens (including phenoxy) is 1. The molecule has 1 amide bonds. The minimum Gasteiger partial charge on any atom is -0.394 e. The van der Waals surface area contributed by atoms with Crippen LogP contribution in [0.2, 0.25) is 0 Å². The number of anilines is 1. The molecule has 1 aromatic rings. The van der Waals surface area contributed by atoms with Gasteiger partial charge in [-0.3, -0.25) is 9.69 Å². The van der Waals surface area contributed by atoms with E-state index in [1.54, 1.807) is 6.07 Å². The summed E-state index contributed by atoms with van der Waals surface area (Å²) in [5, 5.41) is 22.7. The maximum atomic E-state index is 13.0. The average Bonchev–Trinajstić information content (AvgIpc) is 3.01. The number of hydrogen-bond acceptors (Lipinski definition) is 6. The Kier molecular flexibility index (Phi) is 6.67. The van der Waals surface area contributed by atoms with Gasteiger partial charge in [0.05, 0.1) is 24.3 Å². The van der Waals surface area contributed by atoms with E-state index < -0.39 is 36.1 Å². The molecule has 10 heteroatoms. The smallest absolute Gasteiger partial charge is 0.394 e. The van der Waals surface area contributed by atoms with E-state index in [1.165, 1.54) is 13.0 Å². The first kappa shape index (κ1) is 21.8. The Morgan fingerprint density at radius 3 is 2.52 bits per heavy atom. The second kappa shape index (κ2) is 8.86. The van der Waals surface area contributed by atoms with E-state index in [2.05, 4.69) is 5.32 Å². The Labute approximate surface area is 167 Å². The van der Waals surface area contributed by atoms with Crippen LogP contribution in [0.25, 0.3) is 0 Å². The van der Waals surface area contributed by atoms with Gasteiger partial charge < -0.3 is 25.2 Å². The average molecular weight is 417 g/mol. The van der Waals surface area contributed by atoms with Crippen molar-refractivity contribution in [1.29, 1.82) is 0 Å². The molecule has 2 saturated heterocycles. The lowest BCUT2D eigenvalue weighted by Crippen LogP contribution is -2.57. The fourth-order valence-corrected chi connectivity index (χ4v) is 4.00. The summed E-state index contributed by atoms with van der Waals surface area (Å²) in [5.74, 6) is -0.219. The fourth-order valence-electron chi connectivity index (χ4n) is 4.00. The minimum atomic E-state index is -4.39. The quantitative estimate of drug-likeness (QED) is 0.645. The van der Waals surface area contributed by atoms with E-state index in [0.29, 0.717) is 31.9 Å². The summed E-state index contributed by atoms with van der Waals surface area (Å²) >= 11 is 0. The largest absolute Gasteiger partial charge is 0.416 e. The van der Waals surface area contributed by atoms with Gasteiger partial charge in [-0.05, 0) is 18.2 Å². The predicted molar refractivity (Wildman–Crippen MR) is 99.5 cm³/mol. The van der Waals surface area contributed by atoms with Gasteiger partial charge in [-0.25, -0.2) is 0 Å². The van der Waals surface area contributed by atoms with Gasteiger partial charge in [-0.15, -0.1) is 0 Å². The van der Waals surface area contributed by atoms with Crippen molar-refractivity contribution < 1.29 is 32.9 Å². The number of rotatable bonds is 5. The number of nitrogens with one attached hydrogen (secondary N) is 1. The zero-order chi connectivity index (χ0) is 21.2. The number of aliphatic hydroxyl groups excluding tert-OH is 2. The molecular formula is C19H26F3N3O4. The van der Waals surface area contributed by atoms with Crippen LogP contribution in [-0.4, -0.2) is 84.7 Å². The Morgan fingerprint density at radius 2 is 1.93 bits per heavy atom. The molecule has 4 atom stereocenters. The molecule has 7 nitrogen and oxygen atoms in total. The first-order valence-electron chi connectivity index (χ1n) is 9.56. The maximum Gasteiger partial charge on any atom is 0.416 e. The van der Waals surface area contributed by atoms with Crippen LogP contribution in [0, 0.1) is 0 Å². The van der Waals surface area contributed by atoms with E-state index in [0.717, 1.165) is 12.1 Å². The lowest BCUT2D eigenvalue weighted by molar-refractivity contribution is -0.137. The maximum absolute atomic E-state index is 13.0. The van der Waals surface area contributed by atoms with Gasteiger partial charge in [-0.2, -0.15) is 13.2 Å². The SMILES string of the molecule is CC(=O)NC[C@@H]1O[C@@H](CO)[C@@H](O)[C@H]1N1CCN(c2cccc(C(F)(F)F)c2)CC1. The van der Waals surface area contributed by atoms with Crippen molar-refractivity contribution in [2.24, 2.45) is 0 Å². The summed E-state index contributed by atoms with van der Waals surface area (Å²) in [6, 6.07) is 4.83. The van der Waals surface area contributed by atoms with Crippen LogP contribution >= 0.6 is 0 Å². The summed E-state index contributed by atoms with van der Waals surface area (Å²) in [6.07, 6.45) is -6.52. The third-order valence-corrected chi connectivity index (χ3v) is 5.47. The van der Waals surface area contributed by atoms with E-state index in [4.69, 9.17) is 4.74 Å². The van der Waals surface area contributed by atoms with Crippen molar-refractivity contribution >= 4 is 11.6 Å². The van der Waals surface area contributed by atoms with Crippen molar-refractivity contribution in [1.82, 2.24) is 10.2 Å². The first-order valence-corrected chi connectivity index (χ1v) is 9.56. The number of carbonyl (C=O) groups is 1. The molecule has 2 aliphatic rings. The number of halogens is 3. The first-order chi connectivity index (χ1) is 13.7. The third-order valence-electron chi connectivity index (χ3n) is 5.47. The lowest BCUT2D eigenvalue weighted by atomic mass is 10.0. The summed E-state index contributed by atoms with van der Waals surface area (Å²) in [6.45, 7) is 3.26. The molecular weight excluding hydrogens is 391 g/mol. The molecule has 0 spiro atoms. The van der Waals surface area contributed by atoms with E-state index in [9.17, 15) is 28.2 Å². The second-order valence-electron chi connectivity index (χ2n) is 7.38. The van der Waals surface area contributed by atoms with Crippen LogP contribution < -0.4 is 10.2 Å². The minimum absolute atomic E-state index is 0.210. The van der Waals surface area contributed by atoms with Gasteiger partial charge in [0.25, 0.3) is 0 Å². The van der Waals surface area contributed by atoms with Crippen molar-refractivity contribution in [3.63, 3.8) is 0 Å². The second-order valence-corrected chi connectivity index (χ2v) is 7.38. The van der Waals surface area contributed by atoms with Gasteiger partial charge in [-0.1, -0.05) is 6.07 Å². The summed E-state index contributed by atoms with van der Waals surface area (Å²) in [4.78, 5) is 15.1. The monoisotopic (exact) mass is 417 g/mol. The molecule has 2 heterocycles. The van der Waals surface area contributed by atoms with Crippen LogP contribution in [-0.2, 0) is 15.7 Å². The number of piperazine rings is 1. The highest BCUT2D eigenvalue weighted by atomic mass is 19.4. The molecule has 29 heavy (non-hydrogen) atoms. The van der Waals surface area contributed by atoms with E-state index in [1.807, 2.05) is 9.80 Å². The molecule has 162 valence electrons. The molecule has 2 aliphatic heterocycles. The van der Waals surface area contributed by atoms with Gasteiger partial charge >= 0.3 is 6.18 Å². The highest BCUT2D eigenvalue weighted by Gasteiger charge is 2.46. The van der Waals surface area contributed by atoms with Crippen molar-refractivity contribution in [3.8, 4) is 0 Å². The number of carbonyl (C=O) groups excluding carboxylic acids is 1. The standard InChI is InChI=1S/C19H26F3N3O4/c1-12(27)23-10-15-17(18(28)16(11-26)29-15)25-7-5-24(6-8-25)14-4-2-3-13(9-14)19(20,21)22/h2-4,9,15-18,26,28H,5-8,10-11H2,1H3,(H,23,27)/t15-,16-,17-,18+/m0/s1. The van der Waals surface area contributed by atoms with Crippen molar-refractivity contribution in [3.05, 3.63) is 29.8 Å². The number of nitrogens with zero attached hydrogens (tertiary/aromatic N) is 2. The topological polar surface area (TPSA) is 85.3 Å². The summed E-state index contributed by atoms with van der Waals surface area (Å²) in [7, 11) is 0. The Hall–Kier alpha value is -1.88. The highest BCUT2D eigenvalue weighted by molar-refractivity contribution is 5.72. The Balaban J connectivity index is 1.66. The molecule has 0 radical (unpaired) electrons. The van der Waals surface area contributed by atoms with Gasteiger partial charge in [0, 0.05) is 45.3 Å². The van der Waals surface area contributed by atoms with E-state index in [-0.39, 0.29) is 19.1 Å². The summed E-state index contributed by atoms with van der Waals surface area (Å²) < 4.78 is 44.6. The van der Waals surface area contributed by atoms with Crippen LogP contribution in [0.1, 0.15) is 12.5 Å². The molecule has 0 saturated carbocycles. The van der Waals surface area contributed by atoms with Gasteiger partial charge in [0.15, 0.2) is 0 Å². The number of amides is 1. The van der Waals surface area contributed by atoms with Crippen molar-refractivity contribution in [2.75, 3.05) is 44.2 Å². The Bertz CT molecular complexity index is 710. The van der Waals surface area contributed by atoms with Crippen molar-refractivity contribution in [2.45, 2.75) is 37.5 Å². The number of hydrogen-bond donors (Lipinski definition) is 3. The third kappa shape index (κ3) is 5.00. The molecule has 3 N–H and O–H groups in total. The Morgan fingerprint density at radius 1 is 1.24 bits per heavy atom. The predicted octanol–water partition coefficient (Wildman–Crippen LogP) is 0.453. The van der Waals surface area contributed by atoms with Crippen LogP contribution in [0.4, 0.5) is 18.9 Å². The number of benzene rings is 1. The number of aliphatic hydroxyl groups is 2. The van der Waals surface area contributed by atoms with Gasteiger partial charge in [0.1, 0.15) is 12.2 Å². The lowest BCUT2D eigenvalue weighted by Gasteiger charge is -2.41. The fraction of sp³-hybridized carbons (Fsp3) is 0.632. The molecule has 0 aliphatic carbocycles. The van der Waals surface area contributed by atoms with Gasteiger partial charge in [0.2, 0.25) is 5.91 Å².